The van der Waals surface area contributed by atoms with Crippen LogP contribution in [-0.4, -0.2) is 41.8 Å². The summed E-state index contributed by atoms with van der Waals surface area (Å²) in [5, 5.41) is 9.62. The predicted molar refractivity (Wildman–Crippen MR) is 90.7 cm³/mol. The molecule has 130 valence electrons. The van der Waals surface area contributed by atoms with Crippen LogP contribution in [0.2, 0.25) is 18.1 Å². The van der Waals surface area contributed by atoms with Gasteiger partial charge in [-0.15, -0.1) is 0 Å². The topological polar surface area (TPSA) is 73.6 Å². The van der Waals surface area contributed by atoms with E-state index in [1.54, 1.807) is 12.3 Å². The zero-order valence-electron chi connectivity index (χ0n) is 14.8. The lowest BCUT2D eigenvalue weighted by Gasteiger charge is -2.40. The van der Waals surface area contributed by atoms with E-state index < -0.39 is 14.5 Å². The van der Waals surface area contributed by atoms with Crippen LogP contribution in [0.5, 0.6) is 0 Å². The minimum absolute atomic E-state index is 0.00812. The zero-order valence-corrected chi connectivity index (χ0v) is 15.8. The monoisotopic (exact) mass is 340 g/mol. The van der Waals surface area contributed by atoms with Gasteiger partial charge in [0.2, 0.25) is 0 Å². The van der Waals surface area contributed by atoms with Crippen molar-refractivity contribution in [3.8, 4) is 0 Å². The molecule has 0 aliphatic carbocycles. The van der Waals surface area contributed by atoms with E-state index >= 15 is 0 Å². The molecule has 2 rings (SSSR count). The van der Waals surface area contributed by atoms with Crippen LogP contribution in [0.1, 0.15) is 33.9 Å². The summed E-state index contributed by atoms with van der Waals surface area (Å²) in [6, 6.07) is 1.70. The van der Waals surface area contributed by atoms with Crippen molar-refractivity contribution in [1.29, 1.82) is 0 Å². The van der Waals surface area contributed by atoms with E-state index in [0.717, 1.165) is 0 Å². The van der Waals surface area contributed by atoms with Gasteiger partial charge in [0.1, 0.15) is 0 Å². The zero-order chi connectivity index (χ0) is 17.4. The van der Waals surface area contributed by atoms with Crippen LogP contribution in [0.25, 0.3) is 0 Å². The third kappa shape index (κ3) is 3.57. The van der Waals surface area contributed by atoms with Gasteiger partial charge in [-0.25, -0.2) is 9.78 Å². The molecule has 0 aromatic carbocycles. The Labute approximate surface area is 138 Å². The highest BCUT2D eigenvalue weighted by Gasteiger charge is 2.49. The van der Waals surface area contributed by atoms with Gasteiger partial charge in [-0.3, -0.25) is 4.57 Å². The summed E-state index contributed by atoms with van der Waals surface area (Å²) in [6.07, 6.45) is 1.94. The number of aliphatic hydroxyl groups excluding tert-OH is 1. The minimum atomic E-state index is -2.04. The van der Waals surface area contributed by atoms with Crippen LogP contribution < -0.4 is 5.69 Å². The molecule has 0 spiro atoms. The van der Waals surface area contributed by atoms with Gasteiger partial charge in [-0.1, -0.05) is 27.7 Å². The Hall–Kier alpha value is -1.02. The van der Waals surface area contributed by atoms with Gasteiger partial charge in [0.25, 0.3) is 0 Å². The van der Waals surface area contributed by atoms with Crippen LogP contribution in [0.4, 0.5) is 0 Å². The summed E-state index contributed by atoms with van der Waals surface area (Å²) >= 11 is 0. The van der Waals surface area contributed by atoms with Gasteiger partial charge >= 0.3 is 5.69 Å². The van der Waals surface area contributed by atoms with E-state index in [4.69, 9.17) is 9.16 Å². The molecule has 1 aromatic rings. The van der Waals surface area contributed by atoms with Crippen molar-refractivity contribution in [2.75, 3.05) is 6.61 Å². The minimum Gasteiger partial charge on any atom is -0.409 e. The molecule has 0 amide bonds. The van der Waals surface area contributed by atoms with Gasteiger partial charge in [0.05, 0.1) is 18.8 Å². The Morgan fingerprint density at radius 1 is 1.43 bits per heavy atom. The van der Waals surface area contributed by atoms with E-state index in [2.05, 4.69) is 38.8 Å². The standard InChI is InChI=1S/C16H28N2O4Si/c1-11-12(10-19)21-14(18-9-7-8-17-15(18)20)13(11)22-23(5,6)16(2,3)4/h7-9,11-14,19H,10H2,1-6H3/t11-,12+,13?,14+/m0/s1. The maximum atomic E-state index is 12.1. The van der Waals surface area contributed by atoms with Gasteiger partial charge < -0.3 is 14.3 Å². The molecule has 0 radical (unpaired) electrons. The summed E-state index contributed by atoms with van der Waals surface area (Å²) in [5.74, 6) is -0.00812. The fourth-order valence-electron chi connectivity index (χ4n) is 2.53. The van der Waals surface area contributed by atoms with Crippen molar-refractivity contribution in [3.05, 3.63) is 28.9 Å². The average Bonchev–Trinajstić information content (AvgIpc) is 2.75. The second kappa shape index (κ2) is 6.47. The molecule has 4 atom stereocenters. The number of hydrogen-bond donors (Lipinski definition) is 1. The molecule has 6 nitrogen and oxygen atoms in total. The Morgan fingerprint density at radius 3 is 2.61 bits per heavy atom. The van der Waals surface area contributed by atoms with Crippen LogP contribution in [0.15, 0.2) is 23.3 Å². The highest BCUT2D eigenvalue weighted by Crippen LogP contribution is 2.43. The molecule has 1 aliphatic heterocycles. The van der Waals surface area contributed by atoms with Gasteiger partial charge in [0.15, 0.2) is 14.5 Å². The van der Waals surface area contributed by atoms with Crippen LogP contribution in [0.3, 0.4) is 0 Å². The molecule has 2 heterocycles. The first kappa shape index (κ1) is 18.3. The molecule has 1 aliphatic rings. The molecular formula is C16H28N2O4Si. The summed E-state index contributed by atoms with van der Waals surface area (Å²) in [7, 11) is -2.04. The number of nitrogens with zero attached hydrogens (tertiary/aromatic N) is 2. The molecule has 1 unspecified atom stereocenters. The number of hydrogen-bond acceptors (Lipinski definition) is 5. The number of aromatic nitrogens is 2. The lowest BCUT2D eigenvalue weighted by atomic mass is 10.0. The summed E-state index contributed by atoms with van der Waals surface area (Å²) in [4.78, 5) is 15.9. The van der Waals surface area contributed by atoms with Crippen molar-refractivity contribution in [3.63, 3.8) is 0 Å². The highest BCUT2D eigenvalue weighted by atomic mass is 28.4. The number of ether oxygens (including phenoxy) is 1. The van der Waals surface area contributed by atoms with E-state index in [1.165, 1.54) is 10.8 Å². The van der Waals surface area contributed by atoms with Crippen molar-refractivity contribution < 1.29 is 14.3 Å². The maximum Gasteiger partial charge on any atom is 0.349 e. The number of rotatable bonds is 4. The van der Waals surface area contributed by atoms with Gasteiger partial charge in [0, 0.05) is 18.3 Å². The average molecular weight is 340 g/mol. The van der Waals surface area contributed by atoms with E-state index in [9.17, 15) is 9.90 Å². The smallest absolute Gasteiger partial charge is 0.349 e. The van der Waals surface area contributed by atoms with Crippen LogP contribution >= 0.6 is 0 Å². The molecule has 1 saturated heterocycles. The fraction of sp³-hybridized carbons (Fsp3) is 0.750. The third-order valence-electron chi connectivity index (χ3n) is 5.13. The maximum absolute atomic E-state index is 12.1. The highest BCUT2D eigenvalue weighted by molar-refractivity contribution is 6.74. The van der Waals surface area contributed by atoms with Crippen molar-refractivity contribution in [1.82, 2.24) is 9.55 Å². The fourth-order valence-corrected chi connectivity index (χ4v) is 3.89. The van der Waals surface area contributed by atoms with Crippen molar-refractivity contribution >= 4 is 8.32 Å². The summed E-state index contributed by atoms with van der Waals surface area (Å²) in [6.45, 7) is 12.8. The first-order valence-corrected chi connectivity index (χ1v) is 11.0. The van der Waals surface area contributed by atoms with E-state index in [1.807, 2.05) is 6.92 Å². The summed E-state index contributed by atoms with van der Waals surface area (Å²) in [5.41, 5.74) is -0.368. The first-order valence-electron chi connectivity index (χ1n) is 8.06. The first-order chi connectivity index (χ1) is 10.6. The van der Waals surface area contributed by atoms with Crippen LogP contribution in [0, 0.1) is 5.92 Å². The predicted octanol–water partition coefficient (Wildman–Crippen LogP) is 2.16. The molecule has 0 bridgehead atoms. The molecule has 1 N–H and O–H groups in total. The van der Waals surface area contributed by atoms with Crippen LogP contribution in [-0.2, 0) is 9.16 Å². The number of aliphatic hydroxyl groups is 1. The molecule has 7 heteroatoms. The van der Waals surface area contributed by atoms with Crippen molar-refractivity contribution in [2.45, 2.75) is 64.3 Å². The quantitative estimate of drug-likeness (QED) is 0.850. The SMILES string of the molecule is C[C@@H]1C(O[Si](C)(C)C(C)(C)C)[C@H](n2cccnc2=O)O[C@@H]1CO. The Kier molecular flexibility index (Phi) is 5.15. The third-order valence-corrected chi connectivity index (χ3v) is 9.60. The van der Waals surface area contributed by atoms with Gasteiger partial charge in [-0.05, 0) is 24.2 Å². The molecule has 0 saturated carbocycles. The molecule has 1 aromatic heterocycles. The molecule has 23 heavy (non-hydrogen) atoms. The van der Waals surface area contributed by atoms with E-state index in [-0.39, 0.29) is 35.5 Å². The lowest BCUT2D eigenvalue weighted by molar-refractivity contribution is -0.0509. The van der Waals surface area contributed by atoms with Gasteiger partial charge in [-0.2, -0.15) is 0 Å². The lowest BCUT2D eigenvalue weighted by Crippen LogP contribution is -2.47. The Balaban J connectivity index is 2.37. The largest absolute Gasteiger partial charge is 0.409 e. The molecular weight excluding hydrogens is 312 g/mol. The van der Waals surface area contributed by atoms with E-state index in [0.29, 0.717) is 0 Å². The normalized spacial score (nSPS) is 29.0. The second-order valence-corrected chi connectivity index (χ2v) is 12.5. The van der Waals surface area contributed by atoms with Crippen molar-refractivity contribution in [2.24, 2.45) is 5.92 Å². The Bertz CT molecular complexity index is 596. The Morgan fingerprint density at radius 2 is 2.09 bits per heavy atom. The second-order valence-electron chi connectivity index (χ2n) is 7.76. The summed E-state index contributed by atoms with van der Waals surface area (Å²) < 4.78 is 13.9. The molecule has 1 fully saturated rings.